The molecule has 2 aromatic rings. The van der Waals surface area contributed by atoms with E-state index in [0.29, 0.717) is 5.56 Å². The van der Waals surface area contributed by atoms with Gasteiger partial charge < -0.3 is 10.1 Å². The summed E-state index contributed by atoms with van der Waals surface area (Å²) in [6.07, 6.45) is 0.00178. The van der Waals surface area contributed by atoms with Crippen LogP contribution in [0.1, 0.15) is 24.1 Å². The van der Waals surface area contributed by atoms with Crippen LogP contribution in [0.25, 0.3) is 0 Å². The quantitative estimate of drug-likeness (QED) is 0.834. The van der Waals surface area contributed by atoms with Crippen LogP contribution in [0.3, 0.4) is 0 Å². The van der Waals surface area contributed by atoms with Gasteiger partial charge in [0, 0.05) is 0 Å². The van der Waals surface area contributed by atoms with Gasteiger partial charge in [-0.25, -0.2) is 4.39 Å². The summed E-state index contributed by atoms with van der Waals surface area (Å²) in [5.41, 5.74) is 1.60. The lowest BCUT2D eigenvalue weighted by Gasteiger charge is -2.14. The molecule has 5 heteroatoms. The van der Waals surface area contributed by atoms with Crippen molar-refractivity contribution in [3.05, 3.63) is 71.5 Å². The van der Waals surface area contributed by atoms with Gasteiger partial charge >= 0.3 is 5.97 Å². The predicted molar refractivity (Wildman–Crippen MR) is 84.1 cm³/mol. The Balaban J connectivity index is 1.75. The summed E-state index contributed by atoms with van der Waals surface area (Å²) in [6, 6.07) is 14.9. The first kappa shape index (κ1) is 16.7. The van der Waals surface area contributed by atoms with E-state index >= 15 is 0 Å². The Labute approximate surface area is 134 Å². The molecule has 0 spiro atoms. The fraction of sp³-hybridized carbons (Fsp3) is 0.222. The van der Waals surface area contributed by atoms with Crippen molar-refractivity contribution in [2.75, 3.05) is 6.61 Å². The van der Waals surface area contributed by atoms with E-state index in [9.17, 15) is 14.0 Å². The van der Waals surface area contributed by atoms with E-state index in [1.165, 1.54) is 24.3 Å². The molecule has 0 fully saturated rings. The van der Waals surface area contributed by atoms with Gasteiger partial charge in [0.15, 0.2) is 6.61 Å². The highest BCUT2D eigenvalue weighted by molar-refractivity contribution is 5.81. The highest BCUT2D eigenvalue weighted by Crippen LogP contribution is 2.10. The third-order valence-corrected chi connectivity index (χ3v) is 3.30. The average Bonchev–Trinajstić information content (AvgIpc) is 2.56. The molecule has 120 valence electrons. The SMILES string of the molecule is CC(NC(=O)COC(=O)Cc1ccc(F)cc1)c1ccccc1. The van der Waals surface area contributed by atoms with Crippen LogP contribution in [-0.2, 0) is 20.7 Å². The fourth-order valence-electron chi connectivity index (χ4n) is 2.07. The molecule has 1 N–H and O–H groups in total. The van der Waals surface area contributed by atoms with Crippen molar-refractivity contribution in [3.8, 4) is 0 Å². The smallest absolute Gasteiger partial charge is 0.310 e. The zero-order valence-corrected chi connectivity index (χ0v) is 12.8. The van der Waals surface area contributed by atoms with Crippen LogP contribution >= 0.6 is 0 Å². The lowest BCUT2D eigenvalue weighted by molar-refractivity contribution is -0.148. The first-order valence-corrected chi connectivity index (χ1v) is 7.29. The summed E-state index contributed by atoms with van der Waals surface area (Å²) in [4.78, 5) is 23.5. The van der Waals surface area contributed by atoms with Gasteiger partial charge in [-0.3, -0.25) is 9.59 Å². The van der Waals surface area contributed by atoms with E-state index < -0.39 is 5.97 Å². The molecular weight excluding hydrogens is 297 g/mol. The molecule has 0 saturated carbocycles. The maximum Gasteiger partial charge on any atom is 0.310 e. The monoisotopic (exact) mass is 315 g/mol. The minimum absolute atomic E-state index is 0.00178. The lowest BCUT2D eigenvalue weighted by Crippen LogP contribution is -2.31. The van der Waals surface area contributed by atoms with Gasteiger partial charge in [-0.05, 0) is 30.2 Å². The zero-order valence-electron chi connectivity index (χ0n) is 12.8. The number of esters is 1. The first-order valence-electron chi connectivity index (χ1n) is 7.29. The van der Waals surface area contributed by atoms with Crippen LogP contribution in [0.5, 0.6) is 0 Å². The molecule has 1 unspecified atom stereocenters. The standard InChI is InChI=1S/C18H18FNO3/c1-13(15-5-3-2-4-6-15)20-17(21)12-23-18(22)11-14-7-9-16(19)10-8-14/h2-10,13H,11-12H2,1H3,(H,20,21). The predicted octanol–water partition coefficient (Wildman–Crippen LogP) is 2.79. The molecule has 4 nitrogen and oxygen atoms in total. The van der Waals surface area contributed by atoms with Crippen LogP contribution in [0.4, 0.5) is 4.39 Å². The Hall–Kier alpha value is -2.69. The maximum absolute atomic E-state index is 12.8. The van der Waals surface area contributed by atoms with Gasteiger partial charge in [0.05, 0.1) is 12.5 Å². The van der Waals surface area contributed by atoms with Crippen LogP contribution in [0.2, 0.25) is 0 Å². The van der Waals surface area contributed by atoms with Crippen LogP contribution in [0.15, 0.2) is 54.6 Å². The summed E-state index contributed by atoms with van der Waals surface area (Å²) < 4.78 is 17.7. The summed E-state index contributed by atoms with van der Waals surface area (Å²) in [5, 5.41) is 2.76. The van der Waals surface area contributed by atoms with E-state index in [2.05, 4.69) is 5.32 Å². The molecule has 0 aliphatic rings. The Morgan fingerprint density at radius 1 is 1.09 bits per heavy atom. The number of nitrogens with one attached hydrogen (secondary N) is 1. The van der Waals surface area contributed by atoms with E-state index in [1.54, 1.807) is 0 Å². The van der Waals surface area contributed by atoms with Gasteiger partial charge in [-0.1, -0.05) is 42.5 Å². The number of carbonyl (C=O) groups is 2. The number of rotatable bonds is 6. The number of halogens is 1. The van der Waals surface area contributed by atoms with Crippen LogP contribution < -0.4 is 5.32 Å². The van der Waals surface area contributed by atoms with Gasteiger partial charge in [0.25, 0.3) is 5.91 Å². The molecule has 0 heterocycles. The normalized spacial score (nSPS) is 11.6. The first-order chi connectivity index (χ1) is 11.0. The molecule has 0 aromatic heterocycles. The highest BCUT2D eigenvalue weighted by atomic mass is 19.1. The highest BCUT2D eigenvalue weighted by Gasteiger charge is 2.12. The summed E-state index contributed by atoms with van der Waals surface area (Å²) in [5.74, 6) is -1.26. The van der Waals surface area contributed by atoms with Crippen molar-refractivity contribution in [1.29, 1.82) is 0 Å². The Morgan fingerprint density at radius 3 is 2.39 bits per heavy atom. The molecule has 0 radical (unpaired) electrons. The molecule has 2 aromatic carbocycles. The Morgan fingerprint density at radius 2 is 1.74 bits per heavy atom. The molecule has 0 aliphatic heterocycles. The molecule has 1 atom stereocenters. The van der Waals surface area contributed by atoms with E-state index in [4.69, 9.17) is 4.74 Å². The minimum Gasteiger partial charge on any atom is -0.455 e. The number of hydrogen-bond donors (Lipinski definition) is 1. The molecule has 1 amide bonds. The largest absolute Gasteiger partial charge is 0.455 e. The fourth-order valence-corrected chi connectivity index (χ4v) is 2.07. The Bertz CT molecular complexity index is 656. The third-order valence-electron chi connectivity index (χ3n) is 3.30. The summed E-state index contributed by atoms with van der Waals surface area (Å²) in [7, 11) is 0. The third kappa shape index (κ3) is 5.54. The van der Waals surface area contributed by atoms with Gasteiger partial charge in [0.2, 0.25) is 0 Å². The van der Waals surface area contributed by atoms with Gasteiger partial charge in [-0.2, -0.15) is 0 Å². The molecule has 0 saturated heterocycles. The van der Waals surface area contributed by atoms with E-state index in [-0.39, 0.29) is 30.8 Å². The second-order valence-corrected chi connectivity index (χ2v) is 5.16. The van der Waals surface area contributed by atoms with Crippen molar-refractivity contribution in [3.63, 3.8) is 0 Å². The van der Waals surface area contributed by atoms with Gasteiger partial charge in [0.1, 0.15) is 5.82 Å². The van der Waals surface area contributed by atoms with E-state index in [0.717, 1.165) is 5.56 Å². The second kappa shape index (κ2) is 8.08. The number of ether oxygens (including phenoxy) is 1. The number of amides is 1. The van der Waals surface area contributed by atoms with Crippen molar-refractivity contribution < 1.29 is 18.7 Å². The average molecular weight is 315 g/mol. The van der Waals surface area contributed by atoms with E-state index in [1.807, 2.05) is 37.3 Å². The van der Waals surface area contributed by atoms with Crippen molar-refractivity contribution in [2.24, 2.45) is 0 Å². The number of carbonyl (C=O) groups excluding carboxylic acids is 2. The Kier molecular flexibility index (Phi) is 5.86. The minimum atomic E-state index is -0.529. The van der Waals surface area contributed by atoms with Crippen LogP contribution in [0, 0.1) is 5.82 Å². The number of benzene rings is 2. The van der Waals surface area contributed by atoms with Crippen molar-refractivity contribution in [1.82, 2.24) is 5.32 Å². The molecule has 0 aliphatic carbocycles. The molecule has 2 rings (SSSR count). The molecule has 0 bridgehead atoms. The lowest BCUT2D eigenvalue weighted by atomic mass is 10.1. The topological polar surface area (TPSA) is 55.4 Å². The van der Waals surface area contributed by atoms with Crippen LogP contribution in [-0.4, -0.2) is 18.5 Å². The van der Waals surface area contributed by atoms with Crippen molar-refractivity contribution >= 4 is 11.9 Å². The molecular formula is C18H18FNO3. The maximum atomic E-state index is 12.8. The summed E-state index contributed by atoms with van der Waals surface area (Å²) in [6.45, 7) is 1.52. The molecule has 23 heavy (non-hydrogen) atoms. The van der Waals surface area contributed by atoms with Crippen molar-refractivity contribution in [2.45, 2.75) is 19.4 Å². The summed E-state index contributed by atoms with van der Waals surface area (Å²) >= 11 is 0. The second-order valence-electron chi connectivity index (χ2n) is 5.16. The number of hydrogen-bond acceptors (Lipinski definition) is 3. The van der Waals surface area contributed by atoms with Gasteiger partial charge in [-0.15, -0.1) is 0 Å². The zero-order chi connectivity index (χ0) is 16.7.